The molecule has 0 bridgehead atoms. The first-order valence-corrected chi connectivity index (χ1v) is 4.18. The molecule has 12 heavy (non-hydrogen) atoms. The second-order valence-corrected chi connectivity index (χ2v) is 4.38. The van der Waals surface area contributed by atoms with Gasteiger partial charge in [0.15, 0.2) is 0 Å². The van der Waals surface area contributed by atoms with E-state index in [2.05, 4.69) is 5.32 Å². The van der Waals surface area contributed by atoms with E-state index in [1.54, 1.807) is 0 Å². The highest BCUT2D eigenvalue weighted by Gasteiger charge is 2.65. The average molecular weight is 177 g/mol. The van der Waals surface area contributed by atoms with E-state index < -0.39 is 11.5 Å². The second-order valence-electron chi connectivity index (χ2n) is 4.38. The highest BCUT2D eigenvalue weighted by molar-refractivity contribution is 5.14. The predicted octanol–water partition coefficient (Wildman–Crippen LogP) is 0.756. The van der Waals surface area contributed by atoms with Crippen molar-refractivity contribution in [2.24, 2.45) is 5.41 Å². The first kappa shape index (κ1) is 8.38. The fourth-order valence-corrected chi connectivity index (χ4v) is 2.23. The van der Waals surface area contributed by atoms with Gasteiger partial charge in [-0.05, 0) is 12.8 Å². The molecule has 2 aliphatic rings. The highest BCUT2D eigenvalue weighted by Crippen LogP contribution is 2.56. The summed E-state index contributed by atoms with van der Waals surface area (Å²) in [6, 6.07) is 0. The second kappa shape index (κ2) is 1.99. The van der Waals surface area contributed by atoms with Crippen LogP contribution in [-0.2, 0) is 0 Å². The molecule has 1 saturated heterocycles. The fraction of sp³-hybridized carbons (Fsp3) is 1.00. The number of rotatable bonds is 1. The lowest BCUT2D eigenvalue weighted by Gasteiger charge is -2.60. The van der Waals surface area contributed by atoms with E-state index in [0.29, 0.717) is 0 Å². The van der Waals surface area contributed by atoms with Gasteiger partial charge in [-0.15, -0.1) is 0 Å². The van der Waals surface area contributed by atoms with Gasteiger partial charge in [-0.3, -0.25) is 0 Å². The van der Waals surface area contributed by atoms with Gasteiger partial charge < -0.3 is 10.4 Å². The predicted molar refractivity (Wildman–Crippen MR) is 40.1 cm³/mol. The summed E-state index contributed by atoms with van der Waals surface area (Å²) in [5, 5.41) is 12.5. The maximum atomic E-state index is 12.8. The van der Waals surface area contributed by atoms with Crippen LogP contribution in [0.1, 0.15) is 19.8 Å². The molecule has 1 saturated carbocycles. The van der Waals surface area contributed by atoms with E-state index in [0.717, 1.165) is 20.0 Å². The molecule has 0 aromatic heterocycles. The molecule has 1 spiro atoms. The normalized spacial score (nSPS) is 31.0. The van der Waals surface area contributed by atoms with E-state index in [9.17, 15) is 13.9 Å². The number of hydrogen-bond donors (Lipinski definition) is 2. The first-order valence-electron chi connectivity index (χ1n) is 4.18. The Morgan fingerprint density at radius 3 is 2.08 bits per heavy atom. The third-order valence-corrected chi connectivity index (χ3v) is 3.15. The van der Waals surface area contributed by atoms with Crippen LogP contribution in [0.5, 0.6) is 0 Å². The van der Waals surface area contributed by atoms with Crippen molar-refractivity contribution in [3.05, 3.63) is 0 Å². The summed E-state index contributed by atoms with van der Waals surface area (Å²) in [7, 11) is 0. The Kier molecular flexibility index (Phi) is 1.39. The lowest BCUT2D eigenvalue weighted by molar-refractivity contribution is -0.260. The molecular formula is C8H13F2NO. The van der Waals surface area contributed by atoms with Gasteiger partial charge in [0.25, 0.3) is 5.92 Å². The lowest BCUT2D eigenvalue weighted by Crippen LogP contribution is -2.71. The molecule has 0 radical (unpaired) electrons. The molecule has 2 N–H and O–H groups in total. The summed E-state index contributed by atoms with van der Waals surface area (Å²) in [4.78, 5) is 0. The van der Waals surface area contributed by atoms with E-state index in [4.69, 9.17) is 0 Å². The fourth-order valence-electron chi connectivity index (χ4n) is 2.23. The number of halogens is 2. The number of nitrogens with one attached hydrogen (secondary N) is 1. The van der Waals surface area contributed by atoms with E-state index in [-0.39, 0.29) is 18.3 Å². The summed E-state index contributed by atoms with van der Waals surface area (Å²) in [5.41, 5.74) is -1.73. The molecule has 4 heteroatoms. The average Bonchev–Trinajstić information content (AvgIpc) is 1.73. The van der Waals surface area contributed by atoms with Gasteiger partial charge in [-0.1, -0.05) is 0 Å². The SMILES string of the molecule is CC(F)(F)C1(O)CC2(CNC2)C1. The monoisotopic (exact) mass is 177 g/mol. The van der Waals surface area contributed by atoms with Crippen LogP contribution in [0, 0.1) is 5.41 Å². The summed E-state index contributed by atoms with van der Waals surface area (Å²) >= 11 is 0. The molecule has 2 fully saturated rings. The minimum absolute atomic E-state index is 0.00576. The Labute approximate surface area is 70.0 Å². The minimum atomic E-state index is -2.95. The van der Waals surface area contributed by atoms with Crippen molar-refractivity contribution >= 4 is 0 Å². The maximum Gasteiger partial charge on any atom is 0.273 e. The maximum absolute atomic E-state index is 12.8. The summed E-state index contributed by atoms with van der Waals surface area (Å²) < 4.78 is 25.6. The smallest absolute Gasteiger partial charge is 0.273 e. The standard InChI is InChI=1S/C8H13F2NO/c1-6(9,10)8(12)2-7(3-8)4-11-5-7/h11-12H,2-5H2,1H3. The Bertz CT molecular complexity index is 200. The lowest BCUT2D eigenvalue weighted by atomic mass is 9.54. The molecule has 1 aliphatic heterocycles. The van der Waals surface area contributed by atoms with Gasteiger partial charge in [-0.2, -0.15) is 0 Å². The third-order valence-electron chi connectivity index (χ3n) is 3.15. The van der Waals surface area contributed by atoms with Crippen molar-refractivity contribution in [1.82, 2.24) is 5.32 Å². The molecule has 0 aromatic carbocycles. The quantitative estimate of drug-likeness (QED) is 0.619. The van der Waals surface area contributed by atoms with Gasteiger partial charge >= 0.3 is 0 Å². The molecule has 0 amide bonds. The van der Waals surface area contributed by atoms with Crippen molar-refractivity contribution in [2.75, 3.05) is 13.1 Å². The number of alkyl halides is 2. The van der Waals surface area contributed by atoms with E-state index >= 15 is 0 Å². The van der Waals surface area contributed by atoms with E-state index in [1.165, 1.54) is 0 Å². The van der Waals surface area contributed by atoms with Crippen molar-refractivity contribution in [3.63, 3.8) is 0 Å². The van der Waals surface area contributed by atoms with Crippen molar-refractivity contribution in [1.29, 1.82) is 0 Å². The Morgan fingerprint density at radius 1 is 1.33 bits per heavy atom. The molecule has 0 atom stereocenters. The van der Waals surface area contributed by atoms with Crippen molar-refractivity contribution in [3.8, 4) is 0 Å². The van der Waals surface area contributed by atoms with Gasteiger partial charge in [0.05, 0.1) is 0 Å². The van der Waals surface area contributed by atoms with Crippen molar-refractivity contribution in [2.45, 2.75) is 31.3 Å². The van der Waals surface area contributed by atoms with Gasteiger partial charge in [0.1, 0.15) is 5.60 Å². The molecular weight excluding hydrogens is 164 g/mol. The molecule has 1 aliphatic carbocycles. The Hall–Kier alpha value is -0.220. The minimum Gasteiger partial charge on any atom is -0.384 e. The van der Waals surface area contributed by atoms with Crippen LogP contribution in [-0.4, -0.2) is 29.7 Å². The topological polar surface area (TPSA) is 32.3 Å². The largest absolute Gasteiger partial charge is 0.384 e. The van der Waals surface area contributed by atoms with Crippen LogP contribution in [0.2, 0.25) is 0 Å². The zero-order valence-electron chi connectivity index (χ0n) is 7.03. The zero-order valence-corrected chi connectivity index (χ0v) is 7.03. The molecule has 2 rings (SSSR count). The van der Waals surface area contributed by atoms with Gasteiger partial charge in [-0.25, -0.2) is 8.78 Å². The number of hydrogen-bond acceptors (Lipinski definition) is 2. The van der Waals surface area contributed by atoms with Crippen LogP contribution in [0.3, 0.4) is 0 Å². The van der Waals surface area contributed by atoms with Gasteiger partial charge in [0.2, 0.25) is 0 Å². The van der Waals surface area contributed by atoms with E-state index in [1.807, 2.05) is 0 Å². The Morgan fingerprint density at radius 2 is 1.83 bits per heavy atom. The molecule has 70 valence electrons. The summed E-state index contributed by atoms with van der Waals surface area (Å²) in [6.07, 6.45) is 0.493. The van der Waals surface area contributed by atoms with Crippen LogP contribution < -0.4 is 5.32 Å². The summed E-state index contributed by atoms with van der Waals surface area (Å²) in [6.45, 7) is 2.36. The Balaban J connectivity index is 2.01. The molecule has 1 heterocycles. The molecule has 2 nitrogen and oxygen atoms in total. The molecule has 0 unspecified atom stereocenters. The summed E-state index contributed by atoms with van der Waals surface area (Å²) in [5.74, 6) is -2.95. The van der Waals surface area contributed by atoms with Crippen molar-refractivity contribution < 1.29 is 13.9 Å². The third kappa shape index (κ3) is 0.910. The van der Waals surface area contributed by atoms with Crippen LogP contribution >= 0.6 is 0 Å². The van der Waals surface area contributed by atoms with Crippen LogP contribution in [0.25, 0.3) is 0 Å². The first-order chi connectivity index (χ1) is 5.37. The van der Waals surface area contributed by atoms with Crippen LogP contribution in [0.4, 0.5) is 8.78 Å². The number of aliphatic hydroxyl groups is 1. The highest BCUT2D eigenvalue weighted by atomic mass is 19.3. The van der Waals surface area contributed by atoms with Crippen LogP contribution in [0.15, 0.2) is 0 Å². The van der Waals surface area contributed by atoms with Gasteiger partial charge in [0, 0.05) is 25.4 Å². The zero-order chi connectivity index (χ0) is 9.04. The molecule has 0 aromatic rings.